The monoisotopic (exact) mass is 282 g/mol. The number of rotatable bonds is 3. The number of alkyl halides is 1. The summed E-state index contributed by atoms with van der Waals surface area (Å²) in [6.07, 6.45) is 1.67. The lowest BCUT2D eigenvalue weighted by Crippen LogP contribution is -2.21. The van der Waals surface area contributed by atoms with E-state index in [0.29, 0.717) is 16.2 Å². The van der Waals surface area contributed by atoms with E-state index in [4.69, 9.17) is 23.2 Å². The number of pyridine rings is 1. The van der Waals surface area contributed by atoms with E-state index in [0.717, 1.165) is 5.39 Å². The number of anilines is 1. The highest BCUT2D eigenvalue weighted by molar-refractivity contribution is 6.35. The molecular formula is C13H12Cl2N2O. The van der Waals surface area contributed by atoms with Crippen molar-refractivity contribution in [2.75, 3.05) is 11.2 Å². The molecule has 2 aromatic rings. The Morgan fingerprint density at radius 1 is 1.44 bits per heavy atom. The van der Waals surface area contributed by atoms with E-state index < -0.39 is 0 Å². The van der Waals surface area contributed by atoms with Gasteiger partial charge in [0.05, 0.1) is 16.2 Å². The number of fused-ring (bicyclic) bond motifs is 1. The standard InChI is InChI=1S/C13H12Cl2N2O/c1-8(7-14)13(18)17-11-5-4-10(15)12-9(11)3-2-6-16-12/h2-6,8H,7H2,1H3,(H,17,18). The fourth-order valence-corrected chi connectivity index (χ4v) is 1.93. The molecule has 1 unspecified atom stereocenters. The molecule has 1 amide bonds. The Hall–Kier alpha value is -1.32. The average Bonchev–Trinajstić information content (AvgIpc) is 2.41. The van der Waals surface area contributed by atoms with Crippen LogP contribution >= 0.6 is 23.2 Å². The van der Waals surface area contributed by atoms with Crippen molar-refractivity contribution < 1.29 is 4.79 Å². The van der Waals surface area contributed by atoms with Gasteiger partial charge >= 0.3 is 0 Å². The van der Waals surface area contributed by atoms with Crippen molar-refractivity contribution in [2.24, 2.45) is 5.92 Å². The zero-order valence-corrected chi connectivity index (χ0v) is 11.3. The molecule has 3 nitrogen and oxygen atoms in total. The van der Waals surface area contributed by atoms with E-state index >= 15 is 0 Å². The number of hydrogen-bond donors (Lipinski definition) is 1. The molecule has 1 aromatic carbocycles. The van der Waals surface area contributed by atoms with Gasteiger partial charge in [-0.3, -0.25) is 9.78 Å². The number of carbonyl (C=O) groups is 1. The quantitative estimate of drug-likeness (QED) is 0.873. The number of aromatic nitrogens is 1. The maximum Gasteiger partial charge on any atom is 0.228 e. The van der Waals surface area contributed by atoms with Gasteiger partial charge in [-0.15, -0.1) is 11.6 Å². The summed E-state index contributed by atoms with van der Waals surface area (Å²) in [5.41, 5.74) is 1.37. The summed E-state index contributed by atoms with van der Waals surface area (Å²) in [5, 5.41) is 4.22. The summed E-state index contributed by atoms with van der Waals surface area (Å²) in [6, 6.07) is 7.16. The first-order chi connectivity index (χ1) is 8.63. The van der Waals surface area contributed by atoms with Crippen molar-refractivity contribution in [3.05, 3.63) is 35.5 Å². The number of nitrogens with zero attached hydrogens (tertiary/aromatic N) is 1. The van der Waals surface area contributed by atoms with E-state index in [1.54, 1.807) is 31.3 Å². The van der Waals surface area contributed by atoms with Crippen LogP contribution in [0.3, 0.4) is 0 Å². The van der Waals surface area contributed by atoms with Crippen LogP contribution in [0.25, 0.3) is 10.9 Å². The third kappa shape index (κ3) is 2.57. The minimum absolute atomic E-state index is 0.113. The molecule has 0 saturated carbocycles. The smallest absolute Gasteiger partial charge is 0.228 e. The lowest BCUT2D eigenvalue weighted by molar-refractivity contribution is -0.118. The van der Waals surface area contributed by atoms with Gasteiger partial charge in [0.2, 0.25) is 5.91 Å². The van der Waals surface area contributed by atoms with Crippen LogP contribution in [0.5, 0.6) is 0 Å². The van der Waals surface area contributed by atoms with Crippen molar-refractivity contribution in [1.82, 2.24) is 4.98 Å². The van der Waals surface area contributed by atoms with Crippen LogP contribution in [-0.2, 0) is 4.79 Å². The molecule has 94 valence electrons. The van der Waals surface area contributed by atoms with Crippen LogP contribution in [0.4, 0.5) is 5.69 Å². The highest BCUT2D eigenvalue weighted by Gasteiger charge is 2.13. The predicted molar refractivity (Wildman–Crippen MR) is 75.3 cm³/mol. The molecule has 1 heterocycles. The molecule has 0 spiro atoms. The van der Waals surface area contributed by atoms with Gasteiger partial charge in [-0.1, -0.05) is 18.5 Å². The van der Waals surface area contributed by atoms with Crippen molar-refractivity contribution in [2.45, 2.75) is 6.92 Å². The van der Waals surface area contributed by atoms with Gasteiger partial charge in [0.1, 0.15) is 0 Å². The van der Waals surface area contributed by atoms with E-state index in [9.17, 15) is 4.79 Å². The number of carbonyl (C=O) groups excluding carboxylic acids is 1. The van der Waals surface area contributed by atoms with Crippen molar-refractivity contribution in [1.29, 1.82) is 0 Å². The Morgan fingerprint density at radius 2 is 2.22 bits per heavy atom. The number of benzene rings is 1. The van der Waals surface area contributed by atoms with Gasteiger partial charge < -0.3 is 5.32 Å². The molecule has 0 aliphatic heterocycles. The third-order valence-corrected chi connectivity index (χ3v) is 3.43. The highest BCUT2D eigenvalue weighted by Crippen LogP contribution is 2.28. The molecule has 0 saturated heterocycles. The maximum atomic E-state index is 11.8. The van der Waals surface area contributed by atoms with Crippen molar-refractivity contribution >= 4 is 45.7 Å². The lowest BCUT2D eigenvalue weighted by atomic mass is 10.1. The minimum Gasteiger partial charge on any atom is -0.325 e. The summed E-state index contributed by atoms with van der Waals surface area (Å²) in [7, 11) is 0. The number of amides is 1. The molecule has 2 rings (SSSR count). The van der Waals surface area contributed by atoms with Gasteiger partial charge in [-0.05, 0) is 24.3 Å². The summed E-state index contributed by atoms with van der Waals surface area (Å²) < 4.78 is 0. The third-order valence-electron chi connectivity index (χ3n) is 2.66. The van der Waals surface area contributed by atoms with E-state index in [1.165, 1.54) is 0 Å². The molecule has 0 aliphatic carbocycles. The topological polar surface area (TPSA) is 42.0 Å². The molecule has 1 atom stereocenters. The molecule has 0 fully saturated rings. The average molecular weight is 283 g/mol. The first kappa shape index (κ1) is 13.1. The lowest BCUT2D eigenvalue weighted by Gasteiger charge is -2.11. The summed E-state index contributed by atoms with van der Waals surface area (Å²) in [5.74, 6) is -0.0677. The summed E-state index contributed by atoms with van der Waals surface area (Å²) in [6.45, 7) is 1.78. The molecule has 1 aromatic heterocycles. The largest absolute Gasteiger partial charge is 0.325 e. The molecule has 0 aliphatic rings. The van der Waals surface area contributed by atoms with Crippen LogP contribution in [0.1, 0.15) is 6.92 Å². The van der Waals surface area contributed by atoms with Gasteiger partial charge in [-0.2, -0.15) is 0 Å². The van der Waals surface area contributed by atoms with Crippen LogP contribution in [0.2, 0.25) is 5.02 Å². The number of hydrogen-bond acceptors (Lipinski definition) is 2. The normalized spacial score (nSPS) is 12.4. The molecule has 5 heteroatoms. The summed E-state index contributed by atoms with van der Waals surface area (Å²) in [4.78, 5) is 16.0. The maximum absolute atomic E-state index is 11.8. The van der Waals surface area contributed by atoms with Crippen molar-refractivity contribution in [3.8, 4) is 0 Å². The van der Waals surface area contributed by atoms with Gasteiger partial charge in [-0.25, -0.2) is 0 Å². The van der Waals surface area contributed by atoms with Crippen molar-refractivity contribution in [3.63, 3.8) is 0 Å². The molecule has 0 bridgehead atoms. The van der Waals surface area contributed by atoms with Crippen LogP contribution in [0.15, 0.2) is 30.5 Å². The highest BCUT2D eigenvalue weighted by atomic mass is 35.5. The van der Waals surface area contributed by atoms with E-state index in [1.807, 2.05) is 6.07 Å². The van der Waals surface area contributed by atoms with Gasteiger partial charge in [0.15, 0.2) is 0 Å². The number of halogens is 2. The first-order valence-electron chi connectivity index (χ1n) is 5.53. The van der Waals surface area contributed by atoms with Gasteiger partial charge in [0, 0.05) is 23.4 Å². The second-order valence-corrected chi connectivity index (χ2v) is 4.75. The Kier molecular flexibility index (Phi) is 4.04. The zero-order chi connectivity index (χ0) is 13.1. The fourth-order valence-electron chi connectivity index (χ4n) is 1.57. The Morgan fingerprint density at radius 3 is 2.94 bits per heavy atom. The number of nitrogens with one attached hydrogen (secondary N) is 1. The zero-order valence-electron chi connectivity index (χ0n) is 9.78. The Bertz CT molecular complexity index is 586. The second kappa shape index (κ2) is 5.55. The molecule has 18 heavy (non-hydrogen) atoms. The van der Waals surface area contributed by atoms with Crippen LogP contribution in [-0.4, -0.2) is 16.8 Å². The Labute approximate surface area is 115 Å². The van der Waals surface area contributed by atoms with E-state index in [2.05, 4.69) is 10.3 Å². The van der Waals surface area contributed by atoms with Gasteiger partial charge in [0.25, 0.3) is 0 Å². The summed E-state index contributed by atoms with van der Waals surface area (Å²) >= 11 is 11.7. The van der Waals surface area contributed by atoms with Crippen LogP contribution in [0, 0.1) is 5.92 Å². The van der Waals surface area contributed by atoms with E-state index in [-0.39, 0.29) is 17.7 Å². The Balaban J connectivity index is 2.40. The fraction of sp³-hybridized carbons (Fsp3) is 0.231. The van der Waals surface area contributed by atoms with Crippen LogP contribution < -0.4 is 5.32 Å². The molecule has 0 radical (unpaired) electrons. The SMILES string of the molecule is CC(CCl)C(=O)Nc1ccc(Cl)c2ncccc12. The predicted octanol–water partition coefficient (Wildman–Crippen LogP) is 3.70. The first-order valence-corrected chi connectivity index (χ1v) is 6.44. The molecular weight excluding hydrogens is 271 g/mol. The second-order valence-electron chi connectivity index (χ2n) is 4.04. The molecule has 1 N–H and O–H groups in total. The minimum atomic E-state index is -0.242.